The number of nitrogens with zero attached hydrogens (tertiary/aromatic N) is 3. The van der Waals surface area contributed by atoms with Crippen LogP contribution in [0.2, 0.25) is 0 Å². The fourth-order valence-corrected chi connectivity index (χ4v) is 4.47. The normalized spacial score (nSPS) is 15.7. The molecule has 0 aliphatic carbocycles. The van der Waals surface area contributed by atoms with Gasteiger partial charge in [-0.1, -0.05) is 15.9 Å². The van der Waals surface area contributed by atoms with Crippen molar-refractivity contribution in [3.8, 4) is 17.2 Å². The lowest BCUT2D eigenvalue weighted by Crippen LogP contribution is -2.32. The number of benzene rings is 2. The monoisotopic (exact) mass is 466 g/mol. The molecular formula is C23H23BrN4O2. The number of nitrogens with one attached hydrogen (secondary N) is 1. The molecule has 0 radical (unpaired) electrons. The molecule has 0 saturated carbocycles. The molecule has 1 aliphatic heterocycles. The molecule has 1 aliphatic rings. The van der Waals surface area contributed by atoms with Crippen LogP contribution >= 0.6 is 15.9 Å². The van der Waals surface area contributed by atoms with Crippen molar-refractivity contribution in [2.24, 2.45) is 0 Å². The number of ether oxygens (including phenoxy) is 1. The number of piperidine rings is 1. The number of halogens is 1. The van der Waals surface area contributed by atoms with Gasteiger partial charge in [0.15, 0.2) is 0 Å². The SMILES string of the molecule is COc1ccc2[nH]cc(C3CCN(Cc4nnc(-c5ccc(Br)cc5)o4)CC3)c2c1. The van der Waals surface area contributed by atoms with E-state index in [0.717, 1.165) is 41.7 Å². The van der Waals surface area contributed by atoms with Crippen LogP contribution in [0.15, 0.2) is 57.6 Å². The van der Waals surface area contributed by atoms with E-state index < -0.39 is 0 Å². The van der Waals surface area contributed by atoms with E-state index in [-0.39, 0.29) is 0 Å². The maximum Gasteiger partial charge on any atom is 0.247 e. The maximum absolute atomic E-state index is 5.90. The van der Waals surface area contributed by atoms with Gasteiger partial charge in [0, 0.05) is 27.1 Å². The summed E-state index contributed by atoms with van der Waals surface area (Å²) in [5.74, 6) is 2.69. The van der Waals surface area contributed by atoms with E-state index in [1.165, 1.54) is 16.5 Å². The first-order chi connectivity index (χ1) is 14.7. The molecule has 1 N–H and O–H groups in total. The summed E-state index contributed by atoms with van der Waals surface area (Å²) in [5.41, 5.74) is 3.49. The minimum absolute atomic E-state index is 0.545. The molecule has 2 aromatic carbocycles. The zero-order chi connectivity index (χ0) is 20.5. The van der Waals surface area contributed by atoms with Crippen molar-refractivity contribution in [1.82, 2.24) is 20.1 Å². The van der Waals surface area contributed by atoms with Gasteiger partial charge in [0.2, 0.25) is 11.8 Å². The molecule has 7 heteroatoms. The van der Waals surface area contributed by atoms with Gasteiger partial charge >= 0.3 is 0 Å². The number of methoxy groups -OCH3 is 1. The Bertz CT molecular complexity index is 1140. The number of likely N-dealkylation sites (tertiary alicyclic amines) is 1. The van der Waals surface area contributed by atoms with Crippen molar-refractivity contribution in [3.63, 3.8) is 0 Å². The quantitative estimate of drug-likeness (QED) is 0.428. The molecule has 4 aromatic rings. The van der Waals surface area contributed by atoms with E-state index in [2.05, 4.69) is 54.3 Å². The molecule has 3 heterocycles. The molecule has 0 atom stereocenters. The van der Waals surface area contributed by atoms with Crippen LogP contribution in [0.4, 0.5) is 0 Å². The number of aromatic amines is 1. The lowest BCUT2D eigenvalue weighted by atomic mass is 9.89. The summed E-state index contributed by atoms with van der Waals surface area (Å²) in [7, 11) is 1.71. The molecule has 2 aromatic heterocycles. The highest BCUT2D eigenvalue weighted by Crippen LogP contribution is 2.35. The summed E-state index contributed by atoms with van der Waals surface area (Å²) in [6, 6.07) is 14.1. The van der Waals surface area contributed by atoms with Gasteiger partial charge < -0.3 is 14.1 Å². The number of hydrogen-bond acceptors (Lipinski definition) is 5. The van der Waals surface area contributed by atoms with Gasteiger partial charge in [-0.2, -0.15) is 0 Å². The van der Waals surface area contributed by atoms with Crippen LogP contribution in [-0.4, -0.2) is 40.3 Å². The van der Waals surface area contributed by atoms with Gasteiger partial charge in [0.1, 0.15) is 5.75 Å². The lowest BCUT2D eigenvalue weighted by Gasteiger charge is -2.30. The van der Waals surface area contributed by atoms with E-state index in [0.29, 0.717) is 24.2 Å². The van der Waals surface area contributed by atoms with E-state index in [1.54, 1.807) is 7.11 Å². The highest BCUT2D eigenvalue weighted by atomic mass is 79.9. The van der Waals surface area contributed by atoms with Crippen LogP contribution in [0, 0.1) is 0 Å². The van der Waals surface area contributed by atoms with Crippen molar-refractivity contribution in [3.05, 3.63) is 64.6 Å². The van der Waals surface area contributed by atoms with Crippen LogP contribution in [0.5, 0.6) is 5.75 Å². The number of fused-ring (bicyclic) bond motifs is 1. The standard InChI is InChI=1S/C23H23BrN4O2/c1-29-18-6-7-21-19(12-18)20(13-25-21)15-8-10-28(11-9-15)14-22-26-27-23(30-22)16-2-4-17(24)5-3-16/h2-7,12-13,15,25H,8-11,14H2,1H3. The Labute approximate surface area is 183 Å². The van der Waals surface area contributed by atoms with Crippen molar-refractivity contribution in [2.45, 2.75) is 25.3 Å². The van der Waals surface area contributed by atoms with Gasteiger partial charge in [-0.15, -0.1) is 10.2 Å². The van der Waals surface area contributed by atoms with Gasteiger partial charge in [0.25, 0.3) is 0 Å². The van der Waals surface area contributed by atoms with Gasteiger partial charge in [-0.25, -0.2) is 0 Å². The van der Waals surface area contributed by atoms with Crippen molar-refractivity contribution in [1.29, 1.82) is 0 Å². The summed E-state index contributed by atoms with van der Waals surface area (Å²) >= 11 is 3.45. The van der Waals surface area contributed by atoms with Gasteiger partial charge in [-0.3, -0.25) is 4.90 Å². The molecule has 0 unspecified atom stereocenters. The molecule has 6 nitrogen and oxygen atoms in total. The molecule has 30 heavy (non-hydrogen) atoms. The Morgan fingerprint density at radius 1 is 1.13 bits per heavy atom. The molecule has 0 bridgehead atoms. The zero-order valence-corrected chi connectivity index (χ0v) is 18.4. The zero-order valence-electron chi connectivity index (χ0n) is 16.8. The van der Waals surface area contributed by atoms with Crippen LogP contribution in [0.3, 0.4) is 0 Å². The predicted octanol–water partition coefficient (Wildman–Crippen LogP) is 5.37. The minimum atomic E-state index is 0.545. The van der Waals surface area contributed by atoms with Crippen molar-refractivity contribution >= 4 is 26.8 Å². The summed E-state index contributed by atoms with van der Waals surface area (Å²) in [6.45, 7) is 2.71. The molecular weight excluding hydrogens is 444 g/mol. The Hall–Kier alpha value is -2.64. The third kappa shape index (κ3) is 3.87. The highest BCUT2D eigenvalue weighted by molar-refractivity contribution is 9.10. The first kappa shape index (κ1) is 19.3. The summed E-state index contributed by atoms with van der Waals surface area (Å²) in [5, 5.41) is 9.73. The van der Waals surface area contributed by atoms with Gasteiger partial charge in [-0.05, 0) is 79.9 Å². The lowest BCUT2D eigenvalue weighted by molar-refractivity contribution is 0.188. The highest BCUT2D eigenvalue weighted by Gasteiger charge is 2.24. The summed E-state index contributed by atoms with van der Waals surface area (Å²) in [6.07, 6.45) is 4.38. The number of H-pyrrole nitrogens is 1. The Kier molecular flexibility index (Phi) is 5.31. The van der Waals surface area contributed by atoms with Gasteiger partial charge in [0.05, 0.1) is 13.7 Å². The molecule has 0 amide bonds. The second kappa shape index (κ2) is 8.24. The molecule has 1 fully saturated rings. The summed E-state index contributed by atoms with van der Waals surface area (Å²) < 4.78 is 12.3. The first-order valence-corrected chi connectivity index (χ1v) is 10.9. The fraction of sp³-hybridized carbons (Fsp3) is 0.304. The first-order valence-electron chi connectivity index (χ1n) is 10.2. The van der Waals surface area contributed by atoms with Crippen LogP contribution in [0.25, 0.3) is 22.4 Å². The second-order valence-corrected chi connectivity index (χ2v) is 8.63. The van der Waals surface area contributed by atoms with E-state index in [4.69, 9.17) is 9.15 Å². The molecule has 0 spiro atoms. The predicted molar refractivity (Wildman–Crippen MR) is 120 cm³/mol. The molecule has 1 saturated heterocycles. The Morgan fingerprint density at radius 3 is 2.70 bits per heavy atom. The third-order valence-corrected chi connectivity index (χ3v) is 6.39. The minimum Gasteiger partial charge on any atom is -0.497 e. The van der Waals surface area contributed by atoms with Crippen LogP contribution < -0.4 is 4.74 Å². The Morgan fingerprint density at radius 2 is 1.93 bits per heavy atom. The summed E-state index contributed by atoms with van der Waals surface area (Å²) in [4.78, 5) is 5.80. The number of hydrogen-bond donors (Lipinski definition) is 1. The molecule has 5 rings (SSSR count). The maximum atomic E-state index is 5.90. The second-order valence-electron chi connectivity index (χ2n) is 7.71. The van der Waals surface area contributed by atoms with Crippen molar-refractivity contribution in [2.75, 3.05) is 20.2 Å². The number of rotatable bonds is 5. The smallest absolute Gasteiger partial charge is 0.247 e. The van der Waals surface area contributed by atoms with Crippen LogP contribution in [0.1, 0.15) is 30.2 Å². The van der Waals surface area contributed by atoms with Crippen LogP contribution in [-0.2, 0) is 6.54 Å². The fourth-order valence-electron chi connectivity index (χ4n) is 4.21. The topological polar surface area (TPSA) is 67.2 Å². The largest absolute Gasteiger partial charge is 0.497 e. The third-order valence-electron chi connectivity index (χ3n) is 5.87. The van der Waals surface area contributed by atoms with E-state index in [9.17, 15) is 0 Å². The molecule has 154 valence electrons. The van der Waals surface area contributed by atoms with E-state index in [1.807, 2.05) is 30.3 Å². The number of aromatic nitrogens is 3. The Balaban J connectivity index is 1.23. The van der Waals surface area contributed by atoms with Crippen molar-refractivity contribution < 1.29 is 9.15 Å². The van der Waals surface area contributed by atoms with E-state index >= 15 is 0 Å². The average molecular weight is 467 g/mol. The average Bonchev–Trinajstić information content (AvgIpc) is 3.41.